The van der Waals surface area contributed by atoms with Crippen LogP contribution in [0.3, 0.4) is 0 Å². The molecule has 0 amide bonds. The van der Waals surface area contributed by atoms with Gasteiger partial charge >= 0.3 is 0 Å². The third-order valence-corrected chi connectivity index (χ3v) is 4.60. The Morgan fingerprint density at radius 3 is 2.68 bits per heavy atom. The van der Waals surface area contributed by atoms with Crippen LogP contribution >= 0.6 is 0 Å². The lowest BCUT2D eigenvalue weighted by Crippen LogP contribution is -2.23. The molecule has 3 nitrogen and oxygen atoms in total. The highest BCUT2D eigenvalue weighted by molar-refractivity contribution is 5.23. The van der Waals surface area contributed by atoms with Crippen molar-refractivity contribution in [1.29, 1.82) is 0 Å². The maximum Gasteiger partial charge on any atom is 0.137 e. The van der Waals surface area contributed by atoms with E-state index in [-0.39, 0.29) is 0 Å². The Morgan fingerprint density at radius 1 is 1.18 bits per heavy atom. The molecular weight excluding hydrogens is 272 g/mol. The Bertz CT molecular complexity index is 588. The molecule has 0 aliphatic carbocycles. The number of nitrogens with zero attached hydrogens (tertiary/aromatic N) is 2. The topological polar surface area (TPSA) is 29.3 Å². The molecule has 0 radical (unpaired) electrons. The quantitative estimate of drug-likeness (QED) is 0.785. The van der Waals surface area contributed by atoms with E-state index in [2.05, 4.69) is 54.2 Å². The number of aromatic nitrogens is 1. The predicted molar refractivity (Wildman–Crippen MR) is 88.7 cm³/mol. The first-order valence-corrected chi connectivity index (χ1v) is 8.57. The smallest absolute Gasteiger partial charge is 0.137 e. The van der Waals surface area contributed by atoms with Gasteiger partial charge in [0.15, 0.2) is 0 Å². The van der Waals surface area contributed by atoms with Crippen molar-refractivity contribution in [1.82, 2.24) is 10.1 Å². The van der Waals surface area contributed by atoms with E-state index in [1.807, 2.05) is 0 Å². The maximum absolute atomic E-state index is 5.47. The number of aryl methyl sites for hydroxylation is 2. The standard InChI is InChI=1S/C19H26N2O/c1-3-6-17-13-18(20-22-17)19-7-5-12-21(19)14-16-10-8-15(4-2)9-11-16/h8-11,13,19H,3-7,12,14H2,1-2H3/t19-/m1/s1. The molecule has 118 valence electrons. The Hall–Kier alpha value is -1.61. The number of hydrogen-bond acceptors (Lipinski definition) is 3. The van der Waals surface area contributed by atoms with Gasteiger partial charge in [-0.1, -0.05) is 43.3 Å². The van der Waals surface area contributed by atoms with Crippen molar-refractivity contribution in [2.24, 2.45) is 0 Å². The summed E-state index contributed by atoms with van der Waals surface area (Å²) in [7, 11) is 0. The summed E-state index contributed by atoms with van der Waals surface area (Å²) in [6.07, 6.45) is 5.62. The zero-order valence-electron chi connectivity index (χ0n) is 13.7. The minimum absolute atomic E-state index is 0.417. The average molecular weight is 298 g/mol. The first-order valence-electron chi connectivity index (χ1n) is 8.57. The van der Waals surface area contributed by atoms with Gasteiger partial charge in [-0.3, -0.25) is 4.90 Å². The van der Waals surface area contributed by atoms with E-state index < -0.39 is 0 Å². The monoisotopic (exact) mass is 298 g/mol. The van der Waals surface area contributed by atoms with E-state index in [1.54, 1.807) is 0 Å². The highest BCUT2D eigenvalue weighted by Crippen LogP contribution is 2.33. The SMILES string of the molecule is CCCc1cc([C@H]2CCCN2Cc2ccc(CC)cc2)no1. The second-order valence-electron chi connectivity index (χ2n) is 6.27. The van der Waals surface area contributed by atoms with Crippen LogP contribution in [0.25, 0.3) is 0 Å². The molecule has 0 unspecified atom stereocenters. The van der Waals surface area contributed by atoms with Gasteiger partial charge in [-0.25, -0.2) is 0 Å². The van der Waals surface area contributed by atoms with Crippen LogP contribution in [0.2, 0.25) is 0 Å². The van der Waals surface area contributed by atoms with Crippen molar-refractivity contribution in [3.63, 3.8) is 0 Å². The Morgan fingerprint density at radius 2 is 1.95 bits per heavy atom. The average Bonchev–Trinajstić information content (AvgIpc) is 3.17. The predicted octanol–water partition coefficient (Wildman–Crippen LogP) is 4.53. The van der Waals surface area contributed by atoms with Crippen LogP contribution in [0, 0.1) is 0 Å². The fourth-order valence-corrected chi connectivity index (χ4v) is 3.32. The molecule has 1 saturated heterocycles. The van der Waals surface area contributed by atoms with Crippen LogP contribution in [-0.4, -0.2) is 16.6 Å². The second kappa shape index (κ2) is 7.10. The highest BCUT2D eigenvalue weighted by Gasteiger charge is 2.28. The van der Waals surface area contributed by atoms with E-state index in [4.69, 9.17) is 4.52 Å². The van der Waals surface area contributed by atoms with Crippen LogP contribution in [-0.2, 0) is 19.4 Å². The molecule has 0 N–H and O–H groups in total. The summed E-state index contributed by atoms with van der Waals surface area (Å²) in [5.41, 5.74) is 3.91. The highest BCUT2D eigenvalue weighted by atomic mass is 16.5. The van der Waals surface area contributed by atoms with E-state index in [0.29, 0.717) is 6.04 Å². The first-order chi connectivity index (χ1) is 10.8. The summed E-state index contributed by atoms with van der Waals surface area (Å²) >= 11 is 0. The molecule has 1 fully saturated rings. The maximum atomic E-state index is 5.47. The van der Waals surface area contributed by atoms with Gasteiger partial charge in [0.2, 0.25) is 0 Å². The summed E-state index contributed by atoms with van der Waals surface area (Å²) in [6, 6.07) is 11.6. The number of benzene rings is 1. The van der Waals surface area contributed by atoms with Crippen molar-refractivity contribution in [2.75, 3.05) is 6.54 Å². The molecule has 1 atom stereocenters. The molecule has 2 aromatic rings. The molecule has 3 heteroatoms. The van der Waals surface area contributed by atoms with Crippen LogP contribution < -0.4 is 0 Å². The van der Waals surface area contributed by atoms with Gasteiger partial charge in [0.05, 0.1) is 6.04 Å². The lowest BCUT2D eigenvalue weighted by molar-refractivity contribution is 0.236. The molecule has 0 bridgehead atoms. The molecular formula is C19H26N2O. The molecule has 1 aliphatic heterocycles. The molecule has 1 aromatic heterocycles. The zero-order chi connectivity index (χ0) is 15.4. The van der Waals surface area contributed by atoms with Crippen molar-refractivity contribution in [3.8, 4) is 0 Å². The molecule has 1 aliphatic rings. The number of hydrogen-bond donors (Lipinski definition) is 0. The van der Waals surface area contributed by atoms with Gasteiger partial charge in [0.25, 0.3) is 0 Å². The third-order valence-electron chi connectivity index (χ3n) is 4.60. The fraction of sp³-hybridized carbons (Fsp3) is 0.526. The van der Waals surface area contributed by atoms with Crippen molar-refractivity contribution >= 4 is 0 Å². The van der Waals surface area contributed by atoms with E-state index in [9.17, 15) is 0 Å². The van der Waals surface area contributed by atoms with Crippen LogP contribution in [0.15, 0.2) is 34.9 Å². The van der Waals surface area contributed by atoms with Crippen LogP contribution in [0.5, 0.6) is 0 Å². The molecule has 1 aromatic carbocycles. The van der Waals surface area contributed by atoms with Crippen molar-refractivity contribution < 1.29 is 4.52 Å². The van der Waals surface area contributed by atoms with Gasteiger partial charge in [-0.15, -0.1) is 0 Å². The third kappa shape index (κ3) is 3.41. The zero-order valence-corrected chi connectivity index (χ0v) is 13.7. The Kier molecular flexibility index (Phi) is 4.94. The van der Waals surface area contributed by atoms with Gasteiger partial charge in [0.1, 0.15) is 11.5 Å². The lowest BCUT2D eigenvalue weighted by atomic mass is 10.1. The van der Waals surface area contributed by atoms with E-state index in [0.717, 1.165) is 43.8 Å². The van der Waals surface area contributed by atoms with Gasteiger partial charge in [0, 0.05) is 19.0 Å². The number of likely N-dealkylation sites (tertiary alicyclic amines) is 1. The number of rotatable bonds is 6. The Labute approximate surface area is 133 Å². The van der Waals surface area contributed by atoms with Crippen LogP contribution in [0.4, 0.5) is 0 Å². The minimum Gasteiger partial charge on any atom is -0.361 e. The molecule has 22 heavy (non-hydrogen) atoms. The van der Waals surface area contributed by atoms with Gasteiger partial charge in [-0.05, 0) is 43.4 Å². The summed E-state index contributed by atoms with van der Waals surface area (Å²) in [5, 5.41) is 4.32. The molecule has 0 spiro atoms. The first kappa shape index (κ1) is 15.3. The summed E-state index contributed by atoms with van der Waals surface area (Å²) < 4.78 is 5.47. The van der Waals surface area contributed by atoms with Crippen molar-refractivity contribution in [2.45, 2.75) is 58.5 Å². The van der Waals surface area contributed by atoms with Gasteiger partial charge < -0.3 is 4.52 Å². The fourth-order valence-electron chi connectivity index (χ4n) is 3.32. The largest absolute Gasteiger partial charge is 0.361 e. The summed E-state index contributed by atoms with van der Waals surface area (Å²) in [4.78, 5) is 2.54. The molecule has 0 saturated carbocycles. The van der Waals surface area contributed by atoms with Crippen molar-refractivity contribution in [3.05, 3.63) is 52.9 Å². The van der Waals surface area contributed by atoms with Gasteiger partial charge in [-0.2, -0.15) is 0 Å². The second-order valence-corrected chi connectivity index (χ2v) is 6.27. The lowest BCUT2D eigenvalue weighted by Gasteiger charge is -2.22. The molecule has 3 rings (SSSR count). The summed E-state index contributed by atoms with van der Waals surface area (Å²) in [6.45, 7) is 6.52. The van der Waals surface area contributed by atoms with Crippen LogP contribution in [0.1, 0.15) is 61.7 Å². The Balaban J connectivity index is 1.69. The molecule has 2 heterocycles. The normalized spacial score (nSPS) is 18.9. The minimum atomic E-state index is 0.417. The van der Waals surface area contributed by atoms with E-state index >= 15 is 0 Å². The van der Waals surface area contributed by atoms with E-state index in [1.165, 1.54) is 24.0 Å². The summed E-state index contributed by atoms with van der Waals surface area (Å²) in [5.74, 6) is 1.02.